The van der Waals surface area contributed by atoms with Crippen molar-refractivity contribution in [3.05, 3.63) is 58.2 Å². The van der Waals surface area contributed by atoms with Gasteiger partial charge in [-0.1, -0.05) is 12.1 Å². The molecule has 2 aromatic rings. The van der Waals surface area contributed by atoms with E-state index in [2.05, 4.69) is 21.2 Å². The maximum absolute atomic E-state index is 13.2. The zero-order valence-corrected chi connectivity index (χ0v) is 10.1. The molecule has 0 bridgehead atoms. The molecule has 0 atom stereocenters. The molecule has 1 heterocycles. The van der Waals surface area contributed by atoms with Crippen LogP contribution < -0.4 is 5.32 Å². The summed E-state index contributed by atoms with van der Waals surface area (Å²) in [6, 6.07) is 6.92. The highest BCUT2D eigenvalue weighted by atomic mass is 79.9. The number of benzene rings is 1. The molecule has 0 fully saturated rings. The smallest absolute Gasteiger partial charge is 0.137 e. The average molecular weight is 284 g/mol. The summed E-state index contributed by atoms with van der Waals surface area (Å²) in [5.74, 6) is -0.234. The van der Waals surface area contributed by atoms with Crippen molar-refractivity contribution in [3.8, 4) is 0 Å². The Morgan fingerprint density at radius 3 is 2.88 bits per heavy atom. The summed E-state index contributed by atoms with van der Waals surface area (Å²) in [7, 11) is 0. The zero-order chi connectivity index (χ0) is 11.4. The second-order valence-corrected chi connectivity index (χ2v) is 4.24. The van der Waals surface area contributed by atoms with Gasteiger partial charge in [-0.05, 0) is 33.6 Å². The number of rotatable bonds is 4. The van der Waals surface area contributed by atoms with Crippen molar-refractivity contribution in [3.63, 3.8) is 0 Å². The molecule has 16 heavy (non-hydrogen) atoms. The van der Waals surface area contributed by atoms with E-state index in [1.807, 2.05) is 12.1 Å². The second-order valence-electron chi connectivity index (χ2n) is 3.45. The van der Waals surface area contributed by atoms with Crippen LogP contribution >= 0.6 is 15.9 Å². The highest BCUT2D eigenvalue weighted by molar-refractivity contribution is 9.10. The van der Waals surface area contributed by atoms with E-state index < -0.39 is 0 Å². The van der Waals surface area contributed by atoms with Crippen LogP contribution in [0.1, 0.15) is 11.1 Å². The van der Waals surface area contributed by atoms with Crippen molar-refractivity contribution < 1.29 is 8.81 Å². The summed E-state index contributed by atoms with van der Waals surface area (Å²) in [6.45, 7) is 1.32. The molecule has 2 rings (SSSR count). The lowest BCUT2D eigenvalue weighted by molar-refractivity contribution is 0.560. The van der Waals surface area contributed by atoms with E-state index in [1.165, 1.54) is 6.07 Å². The Morgan fingerprint density at radius 1 is 1.25 bits per heavy atom. The Hall–Kier alpha value is -1.13. The Labute approximate surface area is 102 Å². The van der Waals surface area contributed by atoms with E-state index >= 15 is 0 Å². The second kappa shape index (κ2) is 5.27. The molecule has 2 nitrogen and oxygen atoms in total. The van der Waals surface area contributed by atoms with Gasteiger partial charge < -0.3 is 9.73 Å². The Bertz CT molecular complexity index is 456. The Kier molecular flexibility index (Phi) is 3.74. The van der Waals surface area contributed by atoms with Crippen LogP contribution in [0.4, 0.5) is 4.39 Å². The van der Waals surface area contributed by atoms with Gasteiger partial charge in [0.05, 0.1) is 17.0 Å². The molecule has 0 aliphatic carbocycles. The van der Waals surface area contributed by atoms with Crippen molar-refractivity contribution in [2.75, 3.05) is 0 Å². The highest BCUT2D eigenvalue weighted by Crippen LogP contribution is 2.20. The molecule has 0 aliphatic heterocycles. The maximum Gasteiger partial charge on any atom is 0.137 e. The van der Waals surface area contributed by atoms with E-state index in [-0.39, 0.29) is 5.82 Å². The van der Waals surface area contributed by atoms with Crippen molar-refractivity contribution in [2.45, 2.75) is 13.1 Å². The first-order valence-electron chi connectivity index (χ1n) is 4.92. The van der Waals surface area contributed by atoms with Crippen LogP contribution in [-0.4, -0.2) is 0 Å². The number of hydrogen-bond acceptors (Lipinski definition) is 2. The van der Waals surface area contributed by atoms with E-state index in [0.29, 0.717) is 17.6 Å². The molecule has 1 aromatic carbocycles. The predicted molar refractivity (Wildman–Crippen MR) is 63.4 cm³/mol. The van der Waals surface area contributed by atoms with Gasteiger partial charge in [0.15, 0.2) is 0 Å². The molecular formula is C12H11BrFNO. The summed E-state index contributed by atoms with van der Waals surface area (Å²) < 4.78 is 18.7. The Balaban J connectivity index is 1.92. The van der Waals surface area contributed by atoms with Crippen molar-refractivity contribution in [1.29, 1.82) is 0 Å². The quantitative estimate of drug-likeness (QED) is 0.930. The van der Waals surface area contributed by atoms with Crippen LogP contribution in [0.5, 0.6) is 0 Å². The highest BCUT2D eigenvalue weighted by Gasteiger charge is 2.04. The van der Waals surface area contributed by atoms with Crippen molar-refractivity contribution in [1.82, 2.24) is 5.32 Å². The maximum atomic E-state index is 13.2. The molecular weight excluding hydrogens is 273 g/mol. The number of nitrogens with one attached hydrogen (secondary N) is 1. The minimum Gasteiger partial charge on any atom is -0.472 e. The average Bonchev–Trinajstić information content (AvgIpc) is 2.77. The molecule has 84 valence electrons. The molecule has 0 amide bonds. The molecule has 0 spiro atoms. The van der Waals surface area contributed by atoms with Gasteiger partial charge in [0.2, 0.25) is 0 Å². The van der Waals surface area contributed by atoms with Gasteiger partial charge in [-0.15, -0.1) is 0 Å². The molecule has 0 unspecified atom stereocenters. The summed E-state index contributed by atoms with van der Waals surface area (Å²) in [5, 5.41) is 3.22. The summed E-state index contributed by atoms with van der Waals surface area (Å²) in [4.78, 5) is 0. The van der Waals surface area contributed by atoms with Crippen molar-refractivity contribution >= 4 is 15.9 Å². The molecule has 0 saturated heterocycles. The van der Waals surface area contributed by atoms with Gasteiger partial charge in [0.1, 0.15) is 5.82 Å². The predicted octanol–water partition coefficient (Wildman–Crippen LogP) is 3.47. The molecule has 1 aromatic heterocycles. The lowest BCUT2D eigenvalue weighted by atomic mass is 10.2. The number of hydrogen-bond donors (Lipinski definition) is 1. The van der Waals surface area contributed by atoms with Crippen LogP contribution in [-0.2, 0) is 13.1 Å². The van der Waals surface area contributed by atoms with Gasteiger partial charge in [-0.25, -0.2) is 4.39 Å². The minimum atomic E-state index is -0.234. The van der Waals surface area contributed by atoms with Crippen LogP contribution in [0.25, 0.3) is 0 Å². The van der Waals surface area contributed by atoms with Crippen molar-refractivity contribution in [2.24, 2.45) is 0 Å². The third-order valence-corrected chi connectivity index (χ3v) is 3.14. The lowest BCUT2D eigenvalue weighted by Gasteiger charge is -2.06. The number of halogens is 2. The van der Waals surface area contributed by atoms with Gasteiger partial charge in [0.25, 0.3) is 0 Å². The fraction of sp³-hybridized carbons (Fsp3) is 0.167. The molecule has 0 aliphatic rings. The van der Waals surface area contributed by atoms with E-state index in [1.54, 1.807) is 18.6 Å². The third-order valence-electron chi connectivity index (χ3n) is 2.26. The molecule has 1 N–H and O–H groups in total. The SMILES string of the molecule is Fc1cccc(CNCc2ccoc2)c1Br. The standard InChI is InChI=1S/C12H11BrFNO/c13-12-10(2-1-3-11(12)14)7-15-6-9-4-5-16-8-9/h1-5,8,15H,6-7H2. The lowest BCUT2D eigenvalue weighted by Crippen LogP contribution is -2.12. The molecule has 0 radical (unpaired) electrons. The largest absolute Gasteiger partial charge is 0.472 e. The van der Waals surface area contributed by atoms with Crippen LogP contribution in [0.3, 0.4) is 0 Å². The first-order valence-corrected chi connectivity index (χ1v) is 5.71. The summed E-state index contributed by atoms with van der Waals surface area (Å²) in [5.41, 5.74) is 1.98. The first-order chi connectivity index (χ1) is 7.77. The van der Waals surface area contributed by atoms with Gasteiger partial charge in [0, 0.05) is 18.7 Å². The summed E-state index contributed by atoms with van der Waals surface area (Å²) in [6.07, 6.45) is 3.32. The monoisotopic (exact) mass is 283 g/mol. The van der Waals surface area contributed by atoms with Gasteiger partial charge in [-0.2, -0.15) is 0 Å². The fourth-order valence-electron chi connectivity index (χ4n) is 1.42. The van der Waals surface area contributed by atoms with Gasteiger partial charge >= 0.3 is 0 Å². The minimum absolute atomic E-state index is 0.234. The van der Waals surface area contributed by atoms with Crippen LogP contribution in [0.15, 0.2) is 45.7 Å². The Morgan fingerprint density at radius 2 is 2.12 bits per heavy atom. The topological polar surface area (TPSA) is 25.2 Å². The first kappa shape index (κ1) is 11.4. The third kappa shape index (κ3) is 2.71. The normalized spacial score (nSPS) is 10.6. The van der Waals surface area contributed by atoms with E-state index in [9.17, 15) is 4.39 Å². The zero-order valence-electron chi connectivity index (χ0n) is 8.54. The molecule has 0 saturated carbocycles. The fourth-order valence-corrected chi connectivity index (χ4v) is 1.82. The van der Waals surface area contributed by atoms with Gasteiger partial charge in [-0.3, -0.25) is 0 Å². The molecule has 4 heteroatoms. The van der Waals surface area contributed by atoms with Crippen LogP contribution in [0, 0.1) is 5.82 Å². The summed E-state index contributed by atoms with van der Waals surface area (Å²) >= 11 is 3.23. The van der Waals surface area contributed by atoms with E-state index in [4.69, 9.17) is 4.42 Å². The number of furan rings is 1. The van der Waals surface area contributed by atoms with Crippen LogP contribution in [0.2, 0.25) is 0 Å². The van der Waals surface area contributed by atoms with E-state index in [0.717, 1.165) is 11.1 Å².